The molecule has 94 valence electrons. The summed E-state index contributed by atoms with van der Waals surface area (Å²) in [6.45, 7) is 1.37. The van der Waals surface area contributed by atoms with Crippen LogP contribution >= 0.6 is 11.8 Å². The first-order valence-corrected chi connectivity index (χ1v) is 5.91. The molecule has 6 heteroatoms. The lowest BCUT2D eigenvalue weighted by Crippen LogP contribution is -2.21. The van der Waals surface area contributed by atoms with Crippen molar-refractivity contribution in [2.75, 3.05) is 5.75 Å². The second-order valence-electron chi connectivity index (χ2n) is 3.56. The lowest BCUT2D eigenvalue weighted by Gasteiger charge is -2.17. The number of aromatic hydroxyl groups is 2. The van der Waals surface area contributed by atoms with E-state index in [2.05, 4.69) is 0 Å². The molecule has 2 unspecified atom stereocenters. The fourth-order valence-electron chi connectivity index (χ4n) is 1.24. The quantitative estimate of drug-likeness (QED) is 0.596. The summed E-state index contributed by atoms with van der Waals surface area (Å²) in [5, 5.41) is 37.6. The summed E-state index contributed by atoms with van der Waals surface area (Å²) in [5.41, 5.74) is 0.275. The Hall–Kier alpha value is -1.24. The predicted molar refractivity (Wildman–Crippen MR) is 63.9 cm³/mol. The second-order valence-corrected chi connectivity index (χ2v) is 4.76. The molecule has 4 N–H and O–H groups in total. The number of aliphatic hydroxyl groups is 2. The van der Waals surface area contributed by atoms with Gasteiger partial charge in [-0.15, -0.1) is 0 Å². The number of phenolic OH excluding ortho intramolecular Hbond substituents is 2. The second kappa shape index (κ2) is 5.90. The molecule has 2 atom stereocenters. The molecule has 0 aromatic heterocycles. The van der Waals surface area contributed by atoms with Crippen LogP contribution in [0.15, 0.2) is 18.2 Å². The summed E-state index contributed by atoms with van der Waals surface area (Å²) in [6, 6.07) is 3.78. The van der Waals surface area contributed by atoms with Crippen LogP contribution in [0.2, 0.25) is 0 Å². The van der Waals surface area contributed by atoms with Crippen molar-refractivity contribution in [1.29, 1.82) is 0 Å². The van der Waals surface area contributed by atoms with Gasteiger partial charge in [0, 0.05) is 12.7 Å². The van der Waals surface area contributed by atoms with Crippen molar-refractivity contribution >= 4 is 16.9 Å². The van der Waals surface area contributed by atoms with Crippen LogP contribution in [0.3, 0.4) is 0 Å². The van der Waals surface area contributed by atoms with E-state index < -0.39 is 12.2 Å². The molecule has 0 radical (unpaired) electrons. The van der Waals surface area contributed by atoms with Crippen LogP contribution in [0.1, 0.15) is 18.6 Å². The molecule has 0 bridgehead atoms. The molecule has 0 saturated carbocycles. The highest BCUT2D eigenvalue weighted by molar-refractivity contribution is 8.13. The molecule has 0 heterocycles. The third-order valence-corrected chi connectivity index (χ3v) is 3.08. The van der Waals surface area contributed by atoms with Crippen molar-refractivity contribution in [3.8, 4) is 11.5 Å². The van der Waals surface area contributed by atoms with Gasteiger partial charge in [0.1, 0.15) is 6.10 Å². The summed E-state index contributed by atoms with van der Waals surface area (Å²) in [7, 11) is 0. The van der Waals surface area contributed by atoms with E-state index in [1.807, 2.05) is 0 Å². The average Bonchev–Trinajstić information content (AvgIpc) is 2.28. The van der Waals surface area contributed by atoms with Crippen LogP contribution in [0.4, 0.5) is 0 Å². The molecule has 0 amide bonds. The topological polar surface area (TPSA) is 98.0 Å². The number of carbonyl (C=O) groups excluding carboxylic acids is 1. The minimum Gasteiger partial charge on any atom is -0.504 e. The zero-order valence-electron chi connectivity index (χ0n) is 9.20. The summed E-state index contributed by atoms with van der Waals surface area (Å²) < 4.78 is 0. The van der Waals surface area contributed by atoms with E-state index in [1.54, 1.807) is 0 Å². The fourth-order valence-corrected chi connectivity index (χ4v) is 1.83. The number of carbonyl (C=O) groups is 1. The van der Waals surface area contributed by atoms with Gasteiger partial charge in [-0.2, -0.15) is 0 Å². The van der Waals surface area contributed by atoms with Gasteiger partial charge in [-0.05, 0) is 17.7 Å². The van der Waals surface area contributed by atoms with Crippen molar-refractivity contribution in [1.82, 2.24) is 0 Å². The minimum atomic E-state index is -1.21. The Morgan fingerprint density at radius 3 is 2.47 bits per heavy atom. The highest BCUT2D eigenvalue weighted by atomic mass is 32.2. The summed E-state index contributed by atoms with van der Waals surface area (Å²) in [5.74, 6) is -0.598. The van der Waals surface area contributed by atoms with E-state index in [0.717, 1.165) is 11.8 Å². The molecule has 17 heavy (non-hydrogen) atoms. The maximum Gasteiger partial charge on any atom is 0.185 e. The molecule has 0 aliphatic carbocycles. The van der Waals surface area contributed by atoms with Crippen molar-refractivity contribution in [3.63, 3.8) is 0 Å². The molecule has 0 aliphatic heterocycles. The zero-order valence-corrected chi connectivity index (χ0v) is 10.0. The van der Waals surface area contributed by atoms with E-state index in [-0.39, 0.29) is 27.9 Å². The van der Waals surface area contributed by atoms with E-state index in [9.17, 15) is 20.1 Å². The van der Waals surface area contributed by atoms with Gasteiger partial charge in [-0.3, -0.25) is 4.79 Å². The lowest BCUT2D eigenvalue weighted by atomic mass is 10.0. The first-order valence-electron chi connectivity index (χ1n) is 4.93. The normalized spacial score (nSPS) is 14.3. The van der Waals surface area contributed by atoms with Crippen LogP contribution in [0, 0.1) is 0 Å². The Labute approximate surface area is 103 Å². The van der Waals surface area contributed by atoms with Crippen LogP contribution in [-0.4, -0.2) is 37.4 Å². The number of thioether (sulfide) groups is 1. The van der Waals surface area contributed by atoms with Gasteiger partial charge in [-0.1, -0.05) is 17.8 Å². The third-order valence-electron chi connectivity index (χ3n) is 2.16. The summed E-state index contributed by atoms with van der Waals surface area (Å²) >= 11 is 0.909. The maximum atomic E-state index is 10.7. The smallest absolute Gasteiger partial charge is 0.185 e. The lowest BCUT2D eigenvalue weighted by molar-refractivity contribution is -0.109. The van der Waals surface area contributed by atoms with Crippen LogP contribution in [0.5, 0.6) is 11.5 Å². The van der Waals surface area contributed by atoms with Crippen molar-refractivity contribution in [2.45, 2.75) is 19.1 Å². The van der Waals surface area contributed by atoms with Crippen molar-refractivity contribution in [3.05, 3.63) is 23.8 Å². The Kier molecular flexibility index (Phi) is 4.80. The first kappa shape index (κ1) is 13.8. The standard InChI is InChI=1S/C11H14O5S/c1-6(12)17-5-10(15)11(16)7-2-3-8(13)9(14)4-7/h2-4,10-11,13-16H,5H2,1H3. The van der Waals surface area contributed by atoms with E-state index in [0.29, 0.717) is 0 Å². The third kappa shape index (κ3) is 3.92. The Morgan fingerprint density at radius 2 is 1.94 bits per heavy atom. The predicted octanol–water partition coefficient (Wildman–Crippen LogP) is 0.772. The van der Waals surface area contributed by atoms with Gasteiger partial charge in [0.25, 0.3) is 0 Å². The van der Waals surface area contributed by atoms with Crippen molar-refractivity contribution < 1.29 is 25.2 Å². The summed E-state index contributed by atoms with van der Waals surface area (Å²) in [4.78, 5) is 10.7. The molecule has 1 aromatic carbocycles. The Bertz CT molecular complexity index is 407. The molecule has 1 aromatic rings. The number of hydrogen-bond donors (Lipinski definition) is 4. The Balaban J connectivity index is 2.70. The molecule has 0 aliphatic rings. The number of phenols is 2. The van der Waals surface area contributed by atoms with Gasteiger partial charge in [0.05, 0.1) is 6.10 Å². The van der Waals surface area contributed by atoms with Gasteiger partial charge < -0.3 is 20.4 Å². The van der Waals surface area contributed by atoms with Gasteiger partial charge >= 0.3 is 0 Å². The number of hydrogen-bond acceptors (Lipinski definition) is 6. The molecule has 5 nitrogen and oxygen atoms in total. The average molecular weight is 258 g/mol. The largest absolute Gasteiger partial charge is 0.504 e. The van der Waals surface area contributed by atoms with Gasteiger partial charge in [0.15, 0.2) is 16.6 Å². The number of benzene rings is 1. The Morgan fingerprint density at radius 1 is 1.29 bits per heavy atom. The van der Waals surface area contributed by atoms with Crippen LogP contribution < -0.4 is 0 Å². The number of rotatable bonds is 4. The molecular formula is C11H14O5S. The van der Waals surface area contributed by atoms with E-state index in [1.165, 1.54) is 25.1 Å². The first-order chi connectivity index (χ1) is 7.91. The maximum absolute atomic E-state index is 10.7. The molecular weight excluding hydrogens is 244 g/mol. The minimum absolute atomic E-state index is 0.0676. The number of aliphatic hydroxyl groups excluding tert-OH is 2. The molecule has 0 fully saturated rings. The van der Waals surface area contributed by atoms with Crippen LogP contribution in [0.25, 0.3) is 0 Å². The van der Waals surface area contributed by atoms with Crippen molar-refractivity contribution in [2.24, 2.45) is 0 Å². The van der Waals surface area contributed by atoms with Crippen LogP contribution in [-0.2, 0) is 4.79 Å². The summed E-state index contributed by atoms with van der Waals surface area (Å²) in [6.07, 6.45) is -2.33. The van der Waals surface area contributed by atoms with Gasteiger partial charge in [0.2, 0.25) is 0 Å². The van der Waals surface area contributed by atoms with E-state index in [4.69, 9.17) is 5.11 Å². The monoisotopic (exact) mass is 258 g/mol. The van der Waals surface area contributed by atoms with E-state index >= 15 is 0 Å². The SMILES string of the molecule is CC(=O)SCC(O)C(O)c1ccc(O)c(O)c1. The molecule has 0 saturated heterocycles. The fraction of sp³-hybridized carbons (Fsp3) is 0.364. The van der Waals surface area contributed by atoms with Gasteiger partial charge in [-0.25, -0.2) is 0 Å². The molecule has 0 spiro atoms. The highest BCUT2D eigenvalue weighted by Gasteiger charge is 2.20. The molecule has 1 rings (SSSR count). The zero-order chi connectivity index (χ0) is 13.0. The highest BCUT2D eigenvalue weighted by Crippen LogP contribution is 2.29.